The molecule has 0 heterocycles. The van der Waals surface area contributed by atoms with Crippen LogP contribution < -0.4 is 14.9 Å². The first kappa shape index (κ1) is 15.6. The minimum absolute atomic E-state index is 0.133. The molecular weight excluding hydrogens is 280 g/mol. The molecule has 0 unspecified atom stereocenters. The Morgan fingerprint density at radius 3 is 2.36 bits per heavy atom. The summed E-state index contributed by atoms with van der Waals surface area (Å²) in [4.78, 5) is 11.8. The molecule has 2 aromatic carbocycles. The minimum atomic E-state index is -0.332. The second-order valence-corrected chi connectivity index (χ2v) is 4.54. The van der Waals surface area contributed by atoms with Crippen LogP contribution >= 0.6 is 0 Å². The van der Waals surface area contributed by atoms with Gasteiger partial charge >= 0.3 is 0 Å². The normalized spacial score (nSPS) is 10.9. The maximum Gasteiger partial charge on any atom is 0.277 e. The molecule has 0 spiro atoms. The lowest BCUT2D eigenvalue weighted by atomic mass is 10.1. The van der Waals surface area contributed by atoms with Gasteiger partial charge in [0.2, 0.25) is 0 Å². The van der Waals surface area contributed by atoms with E-state index in [0.29, 0.717) is 11.5 Å². The molecule has 22 heavy (non-hydrogen) atoms. The number of nitrogens with zero attached hydrogens (tertiary/aromatic N) is 1. The van der Waals surface area contributed by atoms with Gasteiger partial charge in [-0.25, -0.2) is 5.43 Å². The number of methoxy groups -OCH3 is 1. The van der Waals surface area contributed by atoms with Crippen molar-refractivity contribution in [3.8, 4) is 11.5 Å². The number of rotatable bonds is 6. The van der Waals surface area contributed by atoms with Crippen molar-refractivity contribution in [3.05, 3.63) is 60.2 Å². The second-order valence-electron chi connectivity index (χ2n) is 4.54. The van der Waals surface area contributed by atoms with Crippen LogP contribution in [0.2, 0.25) is 0 Å². The third kappa shape index (κ3) is 4.34. The Bertz CT molecular complexity index is 654. The summed E-state index contributed by atoms with van der Waals surface area (Å²) in [7, 11) is 1.55. The summed E-state index contributed by atoms with van der Waals surface area (Å²) in [6, 6.07) is 16.8. The molecule has 5 nitrogen and oxygen atoms in total. The first-order chi connectivity index (χ1) is 10.7. The molecule has 0 radical (unpaired) electrons. The van der Waals surface area contributed by atoms with Crippen LogP contribution in [-0.4, -0.2) is 25.3 Å². The first-order valence-corrected chi connectivity index (χ1v) is 6.85. The zero-order valence-corrected chi connectivity index (χ0v) is 12.6. The monoisotopic (exact) mass is 298 g/mol. The minimum Gasteiger partial charge on any atom is -0.493 e. The zero-order valence-electron chi connectivity index (χ0n) is 12.6. The van der Waals surface area contributed by atoms with Crippen LogP contribution in [0.15, 0.2) is 59.7 Å². The predicted molar refractivity (Wildman–Crippen MR) is 85.3 cm³/mol. The van der Waals surface area contributed by atoms with E-state index in [1.807, 2.05) is 49.4 Å². The van der Waals surface area contributed by atoms with Gasteiger partial charge in [0, 0.05) is 0 Å². The molecule has 0 atom stereocenters. The average Bonchev–Trinajstić information content (AvgIpc) is 2.58. The standard InChI is InChI=1S/C17H18N2O3/c1-13(14-8-4-3-5-9-14)18-19-17(20)12-22-16-11-7-6-10-15(16)21-2/h3-11H,12H2,1-2H3,(H,19,20)/b18-13-. The molecule has 2 rings (SSSR count). The summed E-state index contributed by atoms with van der Waals surface area (Å²) >= 11 is 0. The van der Waals surface area contributed by atoms with E-state index in [4.69, 9.17) is 9.47 Å². The van der Waals surface area contributed by atoms with Gasteiger partial charge in [-0.1, -0.05) is 42.5 Å². The van der Waals surface area contributed by atoms with Crippen LogP contribution in [0.5, 0.6) is 11.5 Å². The van der Waals surface area contributed by atoms with Crippen LogP contribution in [0.25, 0.3) is 0 Å². The number of para-hydroxylation sites is 2. The first-order valence-electron chi connectivity index (χ1n) is 6.85. The Labute approximate surface area is 129 Å². The SMILES string of the molecule is COc1ccccc1OCC(=O)N/N=C(/C)c1ccccc1. The Balaban J connectivity index is 1.88. The van der Waals surface area contributed by atoms with E-state index in [9.17, 15) is 4.79 Å². The fourth-order valence-electron chi connectivity index (χ4n) is 1.80. The topological polar surface area (TPSA) is 59.9 Å². The summed E-state index contributed by atoms with van der Waals surface area (Å²) in [5, 5.41) is 4.06. The molecular formula is C17H18N2O3. The van der Waals surface area contributed by atoms with Gasteiger partial charge in [-0.2, -0.15) is 5.10 Å². The van der Waals surface area contributed by atoms with Gasteiger partial charge in [0.25, 0.3) is 5.91 Å². The maximum absolute atomic E-state index is 11.8. The Hall–Kier alpha value is -2.82. The van der Waals surface area contributed by atoms with Crippen molar-refractivity contribution < 1.29 is 14.3 Å². The third-order valence-electron chi connectivity index (χ3n) is 2.97. The third-order valence-corrected chi connectivity index (χ3v) is 2.97. The number of ether oxygens (including phenoxy) is 2. The molecule has 5 heteroatoms. The highest BCUT2D eigenvalue weighted by Gasteiger charge is 2.06. The number of carbonyl (C=O) groups excluding carboxylic acids is 1. The van der Waals surface area contributed by atoms with Gasteiger partial charge in [0.15, 0.2) is 18.1 Å². The van der Waals surface area contributed by atoms with Crippen molar-refractivity contribution in [1.29, 1.82) is 0 Å². The molecule has 2 aromatic rings. The largest absolute Gasteiger partial charge is 0.493 e. The highest BCUT2D eigenvalue weighted by Crippen LogP contribution is 2.25. The molecule has 0 aromatic heterocycles. The van der Waals surface area contributed by atoms with Gasteiger partial charge in [-0.3, -0.25) is 4.79 Å². The number of amides is 1. The number of hydrazone groups is 1. The summed E-state index contributed by atoms with van der Waals surface area (Å²) in [6.45, 7) is 1.70. The van der Waals surface area contributed by atoms with Crippen LogP contribution in [0.1, 0.15) is 12.5 Å². The lowest BCUT2D eigenvalue weighted by Crippen LogP contribution is -2.25. The molecule has 1 N–H and O–H groups in total. The van der Waals surface area contributed by atoms with Crippen LogP contribution in [-0.2, 0) is 4.79 Å². The molecule has 1 amide bonds. The van der Waals surface area contributed by atoms with Crippen molar-refractivity contribution >= 4 is 11.6 Å². The van der Waals surface area contributed by atoms with Crippen molar-refractivity contribution in [2.75, 3.05) is 13.7 Å². The van der Waals surface area contributed by atoms with E-state index >= 15 is 0 Å². The van der Waals surface area contributed by atoms with E-state index in [1.165, 1.54) is 0 Å². The van der Waals surface area contributed by atoms with E-state index in [2.05, 4.69) is 10.5 Å². The maximum atomic E-state index is 11.8. The van der Waals surface area contributed by atoms with Gasteiger partial charge in [-0.15, -0.1) is 0 Å². The molecule has 0 aliphatic heterocycles. The quantitative estimate of drug-likeness (QED) is 0.659. The van der Waals surface area contributed by atoms with Crippen LogP contribution in [0.3, 0.4) is 0 Å². The molecule has 114 valence electrons. The van der Waals surface area contributed by atoms with Crippen molar-refractivity contribution in [1.82, 2.24) is 5.43 Å². The lowest BCUT2D eigenvalue weighted by Gasteiger charge is -2.09. The second kappa shape index (κ2) is 7.83. The van der Waals surface area contributed by atoms with Gasteiger partial charge < -0.3 is 9.47 Å². The summed E-state index contributed by atoms with van der Waals surface area (Å²) in [6.07, 6.45) is 0. The molecule has 0 fully saturated rings. The molecule has 0 aliphatic rings. The highest BCUT2D eigenvalue weighted by atomic mass is 16.5. The summed E-state index contributed by atoms with van der Waals surface area (Å²) in [5.74, 6) is 0.768. The lowest BCUT2D eigenvalue weighted by molar-refractivity contribution is -0.123. The van der Waals surface area contributed by atoms with E-state index in [1.54, 1.807) is 19.2 Å². The Morgan fingerprint density at radius 1 is 1.05 bits per heavy atom. The zero-order chi connectivity index (χ0) is 15.8. The number of benzene rings is 2. The van der Waals surface area contributed by atoms with E-state index in [-0.39, 0.29) is 12.5 Å². The van der Waals surface area contributed by atoms with E-state index < -0.39 is 0 Å². The predicted octanol–water partition coefficient (Wildman–Crippen LogP) is 2.61. The van der Waals surface area contributed by atoms with Crippen molar-refractivity contribution in [2.24, 2.45) is 5.10 Å². The number of nitrogens with one attached hydrogen (secondary N) is 1. The van der Waals surface area contributed by atoms with Crippen molar-refractivity contribution in [2.45, 2.75) is 6.92 Å². The highest BCUT2D eigenvalue weighted by molar-refractivity contribution is 5.99. The fourth-order valence-corrected chi connectivity index (χ4v) is 1.80. The number of hydrogen-bond donors (Lipinski definition) is 1. The van der Waals surface area contributed by atoms with Gasteiger partial charge in [-0.05, 0) is 24.6 Å². The summed E-state index contributed by atoms with van der Waals surface area (Å²) in [5.41, 5.74) is 4.15. The molecule has 0 saturated carbocycles. The van der Waals surface area contributed by atoms with Gasteiger partial charge in [0.1, 0.15) is 0 Å². The molecule has 0 bridgehead atoms. The van der Waals surface area contributed by atoms with Crippen LogP contribution in [0, 0.1) is 0 Å². The van der Waals surface area contributed by atoms with Crippen LogP contribution in [0.4, 0.5) is 0 Å². The van der Waals surface area contributed by atoms with Gasteiger partial charge in [0.05, 0.1) is 12.8 Å². The van der Waals surface area contributed by atoms with E-state index in [0.717, 1.165) is 11.3 Å². The Kier molecular flexibility index (Phi) is 5.54. The fraction of sp³-hybridized carbons (Fsp3) is 0.176. The number of carbonyl (C=O) groups is 1. The van der Waals surface area contributed by atoms with Crippen molar-refractivity contribution in [3.63, 3.8) is 0 Å². The summed E-state index contributed by atoms with van der Waals surface area (Å²) < 4.78 is 10.6. The smallest absolute Gasteiger partial charge is 0.277 e. The average molecular weight is 298 g/mol. The molecule has 0 aliphatic carbocycles. The number of hydrogen-bond acceptors (Lipinski definition) is 4. The Morgan fingerprint density at radius 2 is 1.68 bits per heavy atom. The molecule has 0 saturated heterocycles.